The summed E-state index contributed by atoms with van der Waals surface area (Å²) in [6.45, 7) is 9.51. The molecule has 0 atom stereocenters. The molecule has 0 amide bonds. The molecule has 0 bridgehead atoms. The first-order valence-corrected chi connectivity index (χ1v) is 11.6. The van der Waals surface area contributed by atoms with Crippen LogP contribution in [0.2, 0.25) is 0 Å². The molecule has 5 heteroatoms. The van der Waals surface area contributed by atoms with Gasteiger partial charge >= 0.3 is 0 Å². The summed E-state index contributed by atoms with van der Waals surface area (Å²) in [6, 6.07) is 18.9. The molecular weight excluding hydrogens is 418 g/mol. The maximum atomic E-state index is 5.85. The average molecular weight is 454 g/mol. The molecule has 34 heavy (non-hydrogen) atoms. The largest absolute Gasteiger partial charge is 0.350 e. The van der Waals surface area contributed by atoms with Gasteiger partial charge in [-0.05, 0) is 67.7 Å². The van der Waals surface area contributed by atoms with Gasteiger partial charge in [-0.25, -0.2) is 9.97 Å². The number of nitrogens with zero attached hydrogens (tertiary/aromatic N) is 3. The van der Waals surface area contributed by atoms with Crippen molar-refractivity contribution in [1.29, 1.82) is 0 Å². The number of hydrogen-bond donors (Lipinski definition) is 2. The summed E-state index contributed by atoms with van der Waals surface area (Å²) < 4.78 is 0. The van der Waals surface area contributed by atoms with Crippen LogP contribution in [0.4, 0.5) is 5.95 Å². The zero-order chi connectivity index (χ0) is 24.5. The van der Waals surface area contributed by atoms with Crippen LogP contribution < -0.4 is 11.1 Å². The van der Waals surface area contributed by atoms with Gasteiger partial charge in [0.05, 0.1) is 11.4 Å². The van der Waals surface area contributed by atoms with E-state index in [-0.39, 0.29) is 0 Å². The third-order valence-electron chi connectivity index (χ3n) is 5.91. The Bertz CT molecular complexity index is 1190. The number of benzene rings is 2. The van der Waals surface area contributed by atoms with Gasteiger partial charge in [0.25, 0.3) is 0 Å². The Kier molecular flexibility index (Phi) is 8.77. The van der Waals surface area contributed by atoms with Gasteiger partial charge in [0.15, 0.2) is 0 Å². The number of aryl methyl sites for hydroxylation is 2. The Hall–Kier alpha value is -3.70. The maximum Gasteiger partial charge on any atom is 0.223 e. The van der Waals surface area contributed by atoms with E-state index in [9.17, 15) is 0 Å². The number of allylic oxidation sites excluding steroid dienone is 2. The van der Waals surface area contributed by atoms with Crippen molar-refractivity contribution in [3.63, 3.8) is 0 Å². The van der Waals surface area contributed by atoms with Gasteiger partial charge in [0.1, 0.15) is 0 Å². The average Bonchev–Trinajstić information content (AvgIpc) is 2.85. The van der Waals surface area contributed by atoms with Crippen LogP contribution in [0.15, 0.2) is 84.7 Å². The molecule has 0 aliphatic carbocycles. The molecule has 3 rings (SSSR count). The quantitative estimate of drug-likeness (QED) is 0.392. The first-order valence-electron chi connectivity index (χ1n) is 11.6. The van der Waals surface area contributed by atoms with Gasteiger partial charge in [-0.3, -0.25) is 0 Å². The summed E-state index contributed by atoms with van der Waals surface area (Å²) in [6.07, 6.45) is 7.91. The Morgan fingerprint density at radius 2 is 1.79 bits per heavy atom. The van der Waals surface area contributed by atoms with Crippen LogP contribution in [-0.2, 0) is 6.54 Å². The minimum atomic E-state index is 0.497. The van der Waals surface area contributed by atoms with Gasteiger partial charge in [0, 0.05) is 32.5 Å². The summed E-state index contributed by atoms with van der Waals surface area (Å²) in [5.74, 6) is 0.600. The maximum absolute atomic E-state index is 5.85. The zero-order valence-electron chi connectivity index (χ0n) is 20.8. The fraction of sp³-hybridized carbons (Fsp3) is 0.241. The van der Waals surface area contributed by atoms with E-state index in [1.807, 2.05) is 44.5 Å². The fourth-order valence-electron chi connectivity index (χ4n) is 3.70. The molecule has 3 aromatic rings. The van der Waals surface area contributed by atoms with Crippen molar-refractivity contribution < 1.29 is 0 Å². The van der Waals surface area contributed by atoms with E-state index in [0.29, 0.717) is 19.0 Å². The Morgan fingerprint density at radius 1 is 1.06 bits per heavy atom. The monoisotopic (exact) mass is 453 g/mol. The molecule has 1 aromatic heterocycles. The smallest absolute Gasteiger partial charge is 0.223 e. The lowest BCUT2D eigenvalue weighted by molar-refractivity contribution is 0.651. The number of nitrogens with two attached hydrogens (primary N) is 1. The van der Waals surface area contributed by atoms with Crippen LogP contribution in [0.3, 0.4) is 0 Å². The van der Waals surface area contributed by atoms with Crippen LogP contribution in [0.1, 0.15) is 41.8 Å². The van der Waals surface area contributed by atoms with Crippen molar-refractivity contribution in [1.82, 2.24) is 14.9 Å². The Balaban J connectivity index is 1.99. The first kappa shape index (κ1) is 24.9. The lowest BCUT2D eigenvalue weighted by atomic mass is 10.0. The van der Waals surface area contributed by atoms with Crippen LogP contribution >= 0.6 is 0 Å². The summed E-state index contributed by atoms with van der Waals surface area (Å²) in [4.78, 5) is 11.4. The third-order valence-corrected chi connectivity index (χ3v) is 5.91. The topological polar surface area (TPSA) is 67.1 Å². The second-order valence-corrected chi connectivity index (χ2v) is 8.38. The molecule has 176 valence electrons. The number of anilines is 1. The van der Waals surface area contributed by atoms with E-state index in [1.165, 1.54) is 16.7 Å². The van der Waals surface area contributed by atoms with E-state index in [0.717, 1.165) is 28.1 Å². The van der Waals surface area contributed by atoms with E-state index < -0.39 is 0 Å². The molecule has 3 N–H and O–H groups in total. The van der Waals surface area contributed by atoms with Crippen molar-refractivity contribution in [2.24, 2.45) is 5.73 Å². The minimum absolute atomic E-state index is 0.497. The molecule has 2 aromatic carbocycles. The SMILES string of the molecule is C/C=C(\C=C/N(C)/C(=C(\C)c1ccc(C)cc1)c1ccnc(NCc2ccccc2C)n1)CN. The molecule has 0 fully saturated rings. The molecule has 1 heterocycles. The molecule has 0 spiro atoms. The normalized spacial score (nSPS) is 12.6. The zero-order valence-corrected chi connectivity index (χ0v) is 20.8. The van der Waals surface area contributed by atoms with Gasteiger partial charge in [-0.1, -0.05) is 60.2 Å². The predicted octanol–water partition coefficient (Wildman–Crippen LogP) is 5.94. The van der Waals surface area contributed by atoms with Crippen LogP contribution in [0.5, 0.6) is 0 Å². The lowest BCUT2D eigenvalue weighted by Crippen LogP contribution is -2.14. The van der Waals surface area contributed by atoms with Gasteiger partial charge < -0.3 is 16.0 Å². The highest BCUT2D eigenvalue weighted by atomic mass is 15.1. The Morgan fingerprint density at radius 3 is 2.47 bits per heavy atom. The number of aromatic nitrogens is 2. The summed E-state index contributed by atoms with van der Waals surface area (Å²) >= 11 is 0. The van der Waals surface area contributed by atoms with Crippen molar-refractivity contribution in [2.75, 3.05) is 18.9 Å². The third kappa shape index (κ3) is 6.42. The van der Waals surface area contributed by atoms with E-state index in [2.05, 4.69) is 78.4 Å². The Labute approximate surface area is 203 Å². The van der Waals surface area contributed by atoms with Gasteiger partial charge in [-0.2, -0.15) is 0 Å². The summed E-state index contributed by atoms with van der Waals surface area (Å²) in [7, 11) is 2.04. The highest BCUT2D eigenvalue weighted by Gasteiger charge is 2.14. The fourth-order valence-corrected chi connectivity index (χ4v) is 3.70. The van der Waals surface area contributed by atoms with Crippen molar-refractivity contribution >= 4 is 17.2 Å². The molecule has 0 saturated heterocycles. The summed E-state index contributed by atoms with van der Waals surface area (Å²) in [5.41, 5.74) is 14.8. The van der Waals surface area contributed by atoms with Crippen LogP contribution in [0, 0.1) is 13.8 Å². The molecule has 0 unspecified atom stereocenters. The predicted molar refractivity (Wildman–Crippen MR) is 144 cm³/mol. The van der Waals surface area contributed by atoms with Gasteiger partial charge in [-0.15, -0.1) is 0 Å². The first-order chi connectivity index (χ1) is 16.4. The summed E-state index contributed by atoms with van der Waals surface area (Å²) in [5, 5.41) is 3.38. The van der Waals surface area contributed by atoms with E-state index in [1.54, 1.807) is 6.20 Å². The molecular formula is C29H35N5. The number of rotatable bonds is 9. The molecule has 0 aliphatic rings. The second kappa shape index (κ2) is 12.0. The van der Waals surface area contributed by atoms with E-state index >= 15 is 0 Å². The lowest BCUT2D eigenvalue weighted by Gasteiger charge is -2.22. The molecule has 0 aliphatic heterocycles. The molecule has 5 nitrogen and oxygen atoms in total. The molecule has 0 radical (unpaired) electrons. The highest BCUT2D eigenvalue weighted by Crippen LogP contribution is 2.28. The van der Waals surface area contributed by atoms with Crippen LogP contribution in [-0.4, -0.2) is 28.5 Å². The number of hydrogen-bond acceptors (Lipinski definition) is 5. The molecule has 0 saturated carbocycles. The van der Waals surface area contributed by atoms with Gasteiger partial charge in [0.2, 0.25) is 5.95 Å². The van der Waals surface area contributed by atoms with Crippen molar-refractivity contribution in [2.45, 2.75) is 34.2 Å². The second-order valence-electron chi connectivity index (χ2n) is 8.38. The highest BCUT2D eigenvalue weighted by molar-refractivity contribution is 5.88. The van der Waals surface area contributed by atoms with Crippen molar-refractivity contribution in [3.8, 4) is 0 Å². The van der Waals surface area contributed by atoms with E-state index in [4.69, 9.17) is 10.7 Å². The van der Waals surface area contributed by atoms with Crippen LogP contribution in [0.25, 0.3) is 11.3 Å². The standard InChI is InChI=1S/C29H35N5/c1-6-24(19-30)16-18-34(5)28(23(4)25-13-11-21(2)12-14-25)27-15-17-31-29(33-27)32-20-26-10-8-7-9-22(26)3/h6-18H,19-20,30H2,1-5H3,(H,31,32,33)/b18-16-,24-6+,28-23+. The van der Waals surface area contributed by atoms with Crippen molar-refractivity contribution in [3.05, 3.63) is 113 Å². The number of nitrogens with one attached hydrogen (secondary N) is 1. The minimum Gasteiger partial charge on any atom is -0.350 e.